The number of hydrogen-bond acceptors (Lipinski definition) is 8. The zero-order valence-corrected chi connectivity index (χ0v) is 12.8. The number of hydrogen-bond donors (Lipinski definition) is 1. The van der Waals surface area contributed by atoms with Gasteiger partial charge in [-0.1, -0.05) is 11.3 Å². The lowest BCUT2D eigenvalue weighted by molar-refractivity contribution is -0.384. The van der Waals surface area contributed by atoms with E-state index >= 15 is 0 Å². The molecule has 2 aromatic rings. The van der Waals surface area contributed by atoms with Crippen molar-refractivity contribution in [2.75, 3.05) is 36.5 Å². The number of aromatic nitrogens is 2. The minimum Gasteiger partial charge on any atom is -0.378 e. The number of anilines is 2. The molecule has 1 saturated heterocycles. The molecule has 1 aliphatic heterocycles. The summed E-state index contributed by atoms with van der Waals surface area (Å²) in [7, 11) is 0. The van der Waals surface area contributed by atoms with Gasteiger partial charge in [-0.3, -0.25) is 20.2 Å². The minimum absolute atomic E-state index is 0.135. The van der Waals surface area contributed by atoms with Crippen molar-refractivity contribution in [1.29, 1.82) is 0 Å². The SMILES string of the molecule is O=C(Nc1nncs1)c1cc([N+](=O)[O-])ccc1N1CCOCC1. The van der Waals surface area contributed by atoms with Crippen molar-refractivity contribution in [3.8, 4) is 0 Å². The van der Waals surface area contributed by atoms with Crippen LogP contribution in [0.15, 0.2) is 23.7 Å². The van der Waals surface area contributed by atoms with E-state index in [9.17, 15) is 14.9 Å². The molecule has 9 nitrogen and oxygen atoms in total. The standard InChI is InChI=1S/C13H13N5O4S/c19-12(15-13-16-14-8-23-13)10-7-9(18(20)21)1-2-11(10)17-3-5-22-6-4-17/h1-2,7-8H,3-6H2,(H,15,16,19). The van der Waals surface area contributed by atoms with Gasteiger partial charge < -0.3 is 9.64 Å². The van der Waals surface area contributed by atoms with Gasteiger partial charge in [0.05, 0.1) is 29.4 Å². The highest BCUT2D eigenvalue weighted by molar-refractivity contribution is 7.13. The fraction of sp³-hybridized carbons (Fsp3) is 0.308. The molecular formula is C13H13N5O4S. The number of carbonyl (C=O) groups excluding carboxylic acids is 1. The Labute approximate surface area is 135 Å². The summed E-state index contributed by atoms with van der Waals surface area (Å²) >= 11 is 1.18. The summed E-state index contributed by atoms with van der Waals surface area (Å²) in [6.07, 6.45) is 0. The van der Waals surface area contributed by atoms with Crippen LogP contribution in [0.25, 0.3) is 0 Å². The van der Waals surface area contributed by atoms with Crippen LogP contribution in [0.3, 0.4) is 0 Å². The molecule has 0 radical (unpaired) electrons. The number of rotatable bonds is 4. The van der Waals surface area contributed by atoms with Crippen LogP contribution < -0.4 is 10.2 Å². The molecule has 23 heavy (non-hydrogen) atoms. The zero-order chi connectivity index (χ0) is 16.2. The first kappa shape index (κ1) is 15.3. The first-order valence-corrected chi connectivity index (χ1v) is 7.72. The normalized spacial score (nSPS) is 14.5. The Morgan fingerprint density at radius 2 is 2.17 bits per heavy atom. The third kappa shape index (κ3) is 3.43. The lowest BCUT2D eigenvalue weighted by Crippen LogP contribution is -2.37. The molecule has 1 aliphatic rings. The van der Waals surface area contributed by atoms with Crippen molar-refractivity contribution in [3.05, 3.63) is 39.4 Å². The van der Waals surface area contributed by atoms with Crippen molar-refractivity contribution in [1.82, 2.24) is 10.2 Å². The van der Waals surface area contributed by atoms with Gasteiger partial charge in [-0.05, 0) is 6.07 Å². The molecule has 2 heterocycles. The van der Waals surface area contributed by atoms with Gasteiger partial charge in [-0.2, -0.15) is 0 Å². The Morgan fingerprint density at radius 3 is 2.83 bits per heavy atom. The molecule has 120 valence electrons. The third-order valence-electron chi connectivity index (χ3n) is 3.37. The molecule has 1 aromatic heterocycles. The predicted octanol–water partition coefficient (Wildman–Crippen LogP) is 1.54. The Balaban J connectivity index is 1.94. The fourth-order valence-corrected chi connectivity index (χ4v) is 2.73. The molecule has 10 heteroatoms. The van der Waals surface area contributed by atoms with Crippen LogP contribution in [0.5, 0.6) is 0 Å². The van der Waals surface area contributed by atoms with Crippen molar-refractivity contribution < 1.29 is 14.5 Å². The average molecular weight is 335 g/mol. The van der Waals surface area contributed by atoms with E-state index in [4.69, 9.17) is 4.74 Å². The van der Waals surface area contributed by atoms with E-state index in [-0.39, 0.29) is 11.3 Å². The molecule has 1 fully saturated rings. The zero-order valence-electron chi connectivity index (χ0n) is 12.0. The summed E-state index contributed by atoms with van der Waals surface area (Å²) in [4.78, 5) is 24.9. The van der Waals surface area contributed by atoms with Gasteiger partial charge in [0.15, 0.2) is 0 Å². The van der Waals surface area contributed by atoms with Gasteiger partial charge in [0.2, 0.25) is 5.13 Å². The molecule has 0 bridgehead atoms. The van der Waals surface area contributed by atoms with Gasteiger partial charge in [0.1, 0.15) is 5.51 Å². The number of morpholine rings is 1. The third-order valence-corrected chi connectivity index (χ3v) is 3.97. The predicted molar refractivity (Wildman–Crippen MR) is 84.0 cm³/mol. The number of benzene rings is 1. The number of ether oxygens (including phenoxy) is 1. The molecule has 3 rings (SSSR count). The number of carbonyl (C=O) groups is 1. The Bertz CT molecular complexity index is 715. The van der Waals surface area contributed by atoms with Crippen molar-refractivity contribution >= 4 is 33.8 Å². The molecule has 0 spiro atoms. The first-order valence-electron chi connectivity index (χ1n) is 6.84. The number of amides is 1. The second kappa shape index (κ2) is 6.67. The minimum atomic E-state index is -0.523. The van der Waals surface area contributed by atoms with Crippen molar-refractivity contribution in [2.24, 2.45) is 0 Å². The average Bonchev–Trinajstić information content (AvgIpc) is 3.08. The van der Waals surface area contributed by atoms with Crippen LogP contribution in [0.4, 0.5) is 16.5 Å². The van der Waals surface area contributed by atoms with Gasteiger partial charge in [-0.15, -0.1) is 10.2 Å². The lowest BCUT2D eigenvalue weighted by atomic mass is 10.1. The van der Waals surface area contributed by atoms with Gasteiger partial charge in [-0.25, -0.2) is 0 Å². The van der Waals surface area contributed by atoms with E-state index in [0.717, 1.165) is 0 Å². The lowest BCUT2D eigenvalue weighted by Gasteiger charge is -2.30. The summed E-state index contributed by atoms with van der Waals surface area (Å²) < 4.78 is 5.30. The molecule has 1 amide bonds. The summed E-state index contributed by atoms with van der Waals surface area (Å²) in [5, 5.41) is 21.3. The molecule has 1 aromatic carbocycles. The second-order valence-corrected chi connectivity index (χ2v) is 5.59. The van der Waals surface area contributed by atoms with Crippen LogP contribution in [0.2, 0.25) is 0 Å². The number of non-ortho nitro benzene ring substituents is 1. The summed E-state index contributed by atoms with van der Waals surface area (Å²) in [6, 6.07) is 4.27. The maximum absolute atomic E-state index is 12.5. The smallest absolute Gasteiger partial charge is 0.270 e. The van der Waals surface area contributed by atoms with Crippen LogP contribution in [0, 0.1) is 10.1 Å². The van der Waals surface area contributed by atoms with Crippen molar-refractivity contribution in [2.45, 2.75) is 0 Å². The van der Waals surface area contributed by atoms with E-state index < -0.39 is 10.8 Å². The molecule has 0 atom stereocenters. The number of nitrogens with zero attached hydrogens (tertiary/aromatic N) is 4. The highest BCUT2D eigenvalue weighted by atomic mass is 32.1. The quantitative estimate of drug-likeness (QED) is 0.666. The molecule has 0 unspecified atom stereocenters. The van der Waals surface area contributed by atoms with Gasteiger partial charge >= 0.3 is 0 Å². The molecule has 0 aliphatic carbocycles. The second-order valence-electron chi connectivity index (χ2n) is 4.76. The van der Waals surface area contributed by atoms with E-state index in [0.29, 0.717) is 37.1 Å². The Morgan fingerprint density at radius 1 is 1.39 bits per heavy atom. The number of nitrogens with one attached hydrogen (secondary N) is 1. The molecule has 0 saturated carbocycles. The van der Waals surface area contributed by atoms with E-state index in [1.54, 1.807) is 6.07 Å². The Hall–Kier alpha value is -2.59. The van der Waals surface area contributed by atoms with Gasteiger partial charge in [0.25, 0.3) is 11.6 Å². The van der Waals surface area contributed by atoms with Crippen LogP contribution in [-0.4, -0.2) is 47.3 Å². The highest BCUT2D eigenvalue weighted by Gasteiger charge is 2.22. The van der Waals surface area contributed by atoms with E-state index in [1.807, 2.05) is 4.90 Å². The fourth-order valence-electron chi connectivity index (χ4n) is 2.29. The highest BCUT2D eigenvalue weighted by Crippen LogP contribution is 2.27. The Kier molecular flexibility index (Phi) is 4.44. The maximum Gasteiger partial charge on any atom is 0.270 e. The van der Waals surface area contributed by atoms with E-state index in [1.165, 1.54) is 29.0 Å². The first-order chi connectivity index (χ1) is 11.1. The number of nitro groups is 1. The summed E-state index contributed by atoms with van der Waals surface area (Å²) in [6.45, 7) is 2.34. The van der Waals surface area contributed by atoms with Crippen LogP contribution in [-0.2, 0) is 4.74 Å². The van der Waals surface area contributed by atoms with Crippen LogP contribution >= 0.6 is 11.3 Å². The maximum atomic E-state index is 12.5. The van der Waals surface area contributed by atoms with Crippen molar-refractivity contribution in [3.63, 3.8) is 0 Å². The summed E-state index contributed by atoms with van der Waals surface area (Å²) in [5.74, 6) is -0.452. The van der Waals surface area contributed by atoms with Crippen LogP contribution in [0.1, 0.15) is 10.4 Å². The van der Waals surface area contributed by atoms with Gasteiger partial charge in [0, 0.05) is 25.2 Å². The topological polar surface area (TPSA) is 110 Å². The molecule has 1 N–H and O–H groups in total. The molecular weight excluding hydrogens is 322 g/mol. The monoisotopic (exact) mass is 335 g/mol. The summed E-state index contributed by atoms with van der Waals surface area (Å²) in [5.41, 5.74) is 2.23. The number of nitro benzene ring substituents is 1. The van der Waals surface area contributed by atoms with E-state index in [2.05, 4.69) is 15.5 Å². The largest absolute Gasteiger partial charge is 0.378 e.